The summed E-state index contributed by atoms with van der Waals surface area (Å²) in [5.41, 5.74) is 2.22. The Bertz CT molecular complexity index is 1910. The van der Waals surface area contributed by atoms with Crippen molar-refractivity contribution in [3.8, 4) is 22.9 Å². The molecule has 268 valence electrons. The number of aromatic nitrogens is 2. The number of nitrogens with zero attached hydrogens (tertiary/aromatic N) is 5. The van der Waals surface area contributed by atoms with Crippen LogP contribution in [0.2, 0.25) is 0 Å². The number of unbranched alkanes of at least 4 members (excludes halogenated alkanes) is 3. The van der Waals surface area contributed by atoms with Crippen molar-refractivity contribution in [2.75, 3.05) is 53.0 Å². The van der Waals surface area contributed by atoms with Gasteiger partial charge in [-0.2, -0.15) is 13.2 Å². The number of pyridine rings is 1. The van der Waals surface area contributed by atoms with E-state index in [0.717, 1.165) is 82.4 Å². The first-order chi connectivity index (χ1) is 24.7. The molecule has 7 rings (SSSR count). The molecule has 1 atom stereocenters. The molecule has 2 aromatic heterocycles. The Hall–Kier alpha value is -4.84. The molecule has 3 aliphatic heterocycles. The fraction of sp³-hybridized carbons (Fsp3) is 0.410. The second kappa shape index (κ2) is 14.8. The van der Waals surface area contributed by atoms with Gasteiger partial charge in [0.1, 0.15) is 5.82 Å². The number of fused-ring (bicyclic) bond motifs is 3. The van der Waals surface area contributed by atoms with Gasteiger partial charge in [-0.1, -0.05) is 43.2 Å². The SMILES string of the molecule is COc1cc2c(cc1OCCCCCCN1CCN(C(=O)c3nc(-c4ccc(C(F)(F)F)cc4)n4ccccc34)CC1)C=C[C@@H]1CCCN1C2=O. The molecule has 2 fully saturated rings. The van der Waals surface area contributed by atoms with E-state index in [1.165, 1.54) is 12.1 Å². The molecule has 2 aromatic carbocycles. The summed E-state index contributed by atoms with van der Waals surface area (Å²) < 4.78 is 52.8. The summed E-state index contributed by atoms with van der Waals surface area (Å²) in [6, 6.07) is 14.2. The van der Waals surface area contributed by atoms with E-state index in [1.807, 2.05) is 34.1 Å². The molecule has 0 radical (unpaired) electrons. The highest BCUT2D eigenvalue weighted by Crippen LogP contribution is 2.36. The van der Waals surface area contributed by atoms with Crippen LogP contribution in [0.5, 0.6) is 11.5 Å². The van der Waals surface area contributed by atoms with Crippen molar-refractivity contribution >= 4 is 23.4 Å². The Balaban J connectivity index is 0.862. The molecule has 0 aliphatic carbocycles. The number of methoxy groups -OCH3 is 1. The first kappa shape index (κ1) is 34.6. The number of carbonyl (C=O) groups is 2. The van der Waals surface area contributed by atoms with E-state index < -0.39 is 11.7 Å². The maximum Gasteiger partial charge on any atom is 0.416 e. The molecule has 51 heavy (non-hydrogen) atoms. The van der Waals surface area contributed by atoms with Gasteiger partial charge in [-0.05, 0) is 74.2 Å². The normalized spacial score (nSPS) is 17.8. The monoisotopic (exact) mass is 701 g/mol. The van der Waals surface area contributed by atoms with Gasteiger partial charge >= 0.3 is 6.18 Å². The number of piperazine rings is 1. The summed E-state index contributed by atoms with van der Waals surface area (Å²) >= 11 is 0. The van der Waals surface area contributed by atoms with Crippen LogP contribution in [0.1, 0.15) is 70.5 Å². The fourth-order valence-corrected chi connectivity index (χ4v) is 7.29. The number of carbonyl (C=O) groups excluding carboxylic acids is 2. The van der Waals surface area contributed by atoms with E-state index in [4.69, 9.17) is 9.47 Å². The molecule has 12 heteroatoms. The number of amides is 2. The van der Waals surface area contributed by atoms with Gasteiger partial charge in [0.2, 0.25) is 0 Å². The number of benzene rings is 2. The summed E-state index contributed by atoms with van der Waals surface area (Å²) in [4.78, 5) is 37.5. The first-order valence-corrected chi connectivity index (χ1v) is 17.7. The van der Waals surface area contributed by atoms with Gasteiger partial charge in [0.05, 0.1) is 36.4 Å². The highest BCUT2D eigenvalue weighted by Gasteiger charge is 2.33. The summed E-state index contributed by atoms with van der Waals surface area (Å²) in [7, 11) is 1.60. The number of alkyl halides is 3. The number of halogens is 3. The van der Waals surface area contributed by atoms with Crippen molar-refractivity contribution in [1.82, 2.24) is 24.1 Å². The first-order valence-electron chi connectivity index (χ1n) is 17.7. The van der Waals surface area contributed by atoms with Crippen LogP contribution < -0.4 is 9.47 Å². The fourth-order valence-electron chi connectivity index (χ4n) is 7.29. The van der Waals surface area contributed by atoms with E-state index in [9.17, 15) is 22.8 Å². The van der Waals surface area contributed by atoms with Crippen LogP contribution in [-0.2, 0) is 6.18 Å². The summed E-state index contributed by atoms with van der Waals surface area (Å²) in [5, 5.41) is 0. The van der Waals surface area contributed by atoms with E-state index >= 15 is 0 Å². The summed E-state index contributed by atoms with van der Waals surface area (Å²) in [5.74, 6) is 1.54. The van der Waals surface area contributed by atoms with Gasteiger partial charge in [-0.15, -0.1) is 0 Å². The summed E-state index contributed by atoms with van der Waals surface area (Å²) in [6.07, 6.45) is 7.55. The number of imidazole rings is 1. The smallest absolute Gasteiger partial charge is 0.416 e. The van der Waals surface area contributed by atoms with E-state index in [-0.39, 0.29) is 17.9 Å². The van der Waals surface area contributed by atoms with Gasteiger partial charge in [-0.3, -0.25) is 18.9 Å². The number of hydrogen-bond acceptors (Lipinski definition) is 6. The molecule has 3 aliphatic rings. The molecule has 5 heterocycles. The maximum absolute atomic E-state index is 13.6. The summed E-state index contributed by atoms with van der Waals surface area (Å²) in [6.45, 7) is 4.98. The number of rotatable bonds is 11. The lowest BCUT2D eigenvalue weighted by molar-refractivity contribution is -0.137. The van der Waals surface area contributed by atoms with Crippen molar-refractivity contribution in [2.45, 2.75) is 50.7 Å². The largest absolute Gasteiger partial charge is 0.493 e. The average Bonchev–Trinajstić information content (AvgIpc) is 3.75. The molecule has 0 bridgehead atoms. The molecule has 9 nitrogen and oxygen atoms in total. The van der Waals surface area contributed by atoms with Gasteiger partial charge in [0.15, 0.2) is 17.2 Å². The zero-order chi connectivity index (χ0) is 35.5. The quantitative estimate of drug-likeness (QED) is 0.156. The topological polar surface area (TPSA) is 79.6 Å². The van der Waals surface area contributed by atoms with Crippen LogP contribution >= 0.6 is 0 Å². The Morgan fingerprint density at radius 2 is 1.73 bits per heavy atom. The lowest BCUT2D eigenvalue weighted by atomic mass is 10.0. The van der Waals surface area contributed by atoms with Crippen molar-refractivity contribution in [3.05, 3.63) is 89.3 Å². The molecule has 2 saturated heterocycles. The maximum atomic E-state index is 13.6. The molecular weight excluding hydrogens is 659 g/mol. The number of hydrogen-bond donors (Lipinski definition) is 0. The Morgan fingerprint density at radius 1 is 0.941 bits per heavy atom. The van der Waals surface area contributed by atoms with Crippen LogP contribution in [0.3, 0.4) is 0 Å². The van der Waals surface area contributed by atoms with Gasteiger partial charge < -0.3 is 19.3 Å². The average molecular weight is 702 g/mol. The molecule has 0 unspecified atom stereocenters. The third-order valence-corrected chi connectivity index (χ3v) is 10.1. The van der Waals surface area contributed by atoms with Crippen LogP contribution in [0.4, 0.5) is 13.2 Å². The van der Waals surface area contributed by atoms with Crippen molar-refractivity contribution in [1.29, 1.82) is 0 Å². The molecular formula is C39H42F3N5O4. The Morgan fingerprint density at radius 3 is 2.49 bits per heavy atom. The van der Waals surface area contributed by atoms with Crippen LogP contribution in [0, 0.1) is 0 Å². The standard InChI is InChI=1S/C39H42F3N5O4/c1-50-33-26-31-28(13-16-30-9-8-19-46(30)37(31)48)25-34(33)51-24-7-3-2-5-17-44-20-22-45(23-21-44)38(49)35-32-10-4-6-18-47(32)36(43-35)27-11-14-29(15-12-27)39(40,41)42/h4,6,10-16,18,25-26,30H,2-3,5,7-9,17,19-24H2,1H3/t30-/m0/s1. The lowest BCUT2D eigenvalue weighted by Crippen LogP contribution is -2.49. The van der Waals surface area contributed by atoms with Crippen LogP contribution in [0.25, 0.3) is 23.0 Å². The molecule has 2 amide bonds. The third-order valence-electron chi connectivity index (χ3n) is 10.1. The zero-order valence-corrected chi connectivity index (χ0v) is 28.7. The highest BCUT2D eigenvalue weighted by atomic mass is 19.4. The zero-order valence-electron chi connectivity index (χ0n) is 28.7. The van der Waals surface area contributed by atoms with E-state index in [0.29, 0.717) is 59.4 Å². The van der Waals surface area contributed by atoms with E-state index in [2.05, 4.69) is 16.0 Å². The molecule has 0 N–H and O–H groups in total. The predicted octanol–water partition coefficient (Wildman–Crippen LogP) is 7.06. The van der Waals surface area contributed by atoms with Crippen LogP contribution in [0.15, 0.2) is 66.9 Å². The van der Waals surface area contributed by atoms with Crippen molar-refractivity contribution in [2.24, 2.45) is 0 Å². The van der Waals surface area contributed by atoms with Crippen molar-refractivity contribution in [3.63, 3.8) is 0 Å². The van der Waals surface area contributed by atoms with Gasteiger partial charge in [0.25, 0.3) is 11.8 Å². The Labute approximate surface area is 295 Å². The predicted molar refractivity (Wildman–Crippen MR) is 188 cm³/mol. The minimum atomic E-state index is -4.43. The second-order valence-electron chi connectivity index (χ2n) is 13.4. The number of ether oxygens (including phenoxy) is 2. The Kier molecular flexibility index (Phi) is 10.0. The van der Waals surface area contributed by atoms with Crippen LogP contribution in [-0.4, -0.2) is 94.9 Å². The lowest BCUT2D eigenvalue weighted by Gasteiger charge is -2.34. The van der Waals surface area contributed by atoms with Crippen molar-refractivity contribution < 1.29 is 32.2 Å². The van der Waals surface area contributed by atoms with Gasteiger partial charge in [0, 0.05) is 44.5 Å². The second-order valence-corrected chi connectivity index (χ2v) is 13.4. The highest BCUT2D eigenvalue weighted by molar-refractivity contribution is 6.01. The minimum absolute atomic E-state index is 0.0514. The minimum Gasteiger partial charge on any atom is -0.493 e. The third kappa shape index (κ3) is 7.33. The van der Waals surface area contributed by atoms with Gasteiger partial charge in [-0.25, -0.2) is 4.98 Å². The molecule has 4 aromatic rings. The van der Waals surface area contributed by atoms with E-state index in [1.54, 1.807) is 29.8 Å². The molecule has 0 spiro atoms. The molecule has 0 saturated carbocycles.